The molecule has 0 spiro atoms. The van der Waals surface area contributed by atoms with E-state index in [0.29, 0.717) is 13.0 Å². The summed E-state index contributed by atoms with van der Waals surface area (Å²) in [7, 11) is 0. The smallest absolute Gasteiger partial charge is 0.237 e. The summed E-state index contributed by atoms with van der Waals surface area (Å²) in [4.78, 5) is 11.8. The molecule has 1 rings (SSSR count). The number of thioether (sulfide) groups is 1. The molecule has 0 aliphatic rings. The van der Waals surface area contributed by atoms with Gasteiger partial charge in [0.1, 0.15) is 5.75 Å². The van der Waals surface area contributed by atoms with Gasteiger partial charge in [-0.05, 0) is 42.5 Å². The van der Waals surface area contributed by atoms with Gasteiger partial charge in [-0.1, -0.05) is 19.1 Å². The maximum Gasteiger partial charge on any atom is 0.237 e. The van der Waals surface area contributed by atoms with Crippen molar-refractivity contribution < 1.29 is 9.53 Å². The summed E-state index contributed by atoms with van der Waals surface area (Å²) >= 11 is 1.70. The molecule has 0 radical (unpaired) electrons. The SMILES string of the molecule is CCCOc1ccc(CNC(=O)[C@@H](N)CCSC)cc1. The summed E-state index contributed by atoms with van der Waals surface area (Å²) in [5.74, 6) is 1.67. The average molecular weight is 296 g/mol. The molecule has 20 heavy (non-hydrogen) atoms. The van der Waals surface area contributed by atoms with Crippen LogP contribution in [0.4, 0.5) is 0 Å². The van der Waals surface area contributed by atoms with E-state index < -0.39 is 6.04 Å². The molecule has 3 N–H and O–H groups in total. The number of amides is 1. The fourth-order valence-electron chi connectivity index (χ4n) is 1.62. The van der Waals surface area contributed by atoms with Gasteiger partial charge in [-0.15, -0.1) is 0 Å². The molecule has 5 heteroatoms. The molecule has 0 aliphatic heterocycles. The first-order chi connectivity index (χ1) is 9.67. The van der Waals surface area contributed by atoms with E-state index in [4.69, 9.17) is 10.5 Å². The van der Waals surface area contributed by atoms with Crippen LogP contribution in [0.25, 0.3) is 0 Å². The molecule has 1 atom stereocenters. The molecule has 0 bridgehead atoms. The molecule has 1 aromatic carbocycles. The topological polar surface area (TPSA) is 64.3 Å². The Hall–Kier alpha value is -1.20. The van der Waals surface area contributed by atoms with E-state index in [1.807, 2.05) is 30.5 Å². The highest BCUT2D eigenvalue weighted by Gasteiger charge is 2.12. The zero-order chi connectivity index (χ0) is 14.8. The fourth-order valence-corrected chi connectivity index (χ4v) is 2.11. The van der Waals surface area contributed by atoms with E-state index in [0.717, 1.165) is 30.1 Å². The number of nitrogens with two attached hydrogens (primary N) is 1. The number of rotatable bonds is 9. The van der Waals surface area contributed by atoms with Crippen LogP contribution in [0.5, 0.6) is 5.75 Å². The maximum atomic E-state index is 11.8. The van der Waals surface area contributed by atoms with Gasteiger partial charge in [0.15, 0.2) is 0 Å². The van der Waals surface area contributed by atoms with Crippen molar-refractivity contribution in [2.45, 2.75) is 32.4 Å². The summed E-state index contributed by atoms with van der Waals surface area (Å²) in [6.07, 6.45) is 3.70. The van der Waals surface area contributed by atoms with Gasteiger partial charge in [-0.25, -0.2) is 0 Å². The van der Waals surface area contributed by atoms with Crippen molar-refractivity contribution in [3.63, 3.8) is 0 Å². The average Bonchev–Trinajstić information content (AvgIpc) is 2.49. The second kappa shape index (κ2) is 9.66. The summed E-state index contributed by atoms with van der Waals surface area (Å²) in [6.45, 7) is 3.30. The molecule has 0 saturated carbocycles. The predicted octanol–water partition coefficient (Wildman–Crippen LogP) is 2.17. The maximum absolute atomic E-state index is 11.8. The Morgan fingerprint density at radius 2 is 2.10 bits per heavy atom. The normalized spacial score (nSPS) is 11.9. The molecule has 0 aliphatic carbocycles. The van der Waals surface area contributed by atoms with Crippen LogP contribution < -0.4 is 15.8 Å². The van der Waals surface area contributed by atoms with Crippen molar-refractivity contribution in [2.75, 3.05) is 18.6 Å². The molecular weight excluding hydrogens is 272 g/mol. The predicted molar refractivity (Wildman–Crippen MR) is 85.0 cm³/mol. The number of hydrogen-bond donors (Lipinski definition) is 2. The lowest BCUT2D eigenvalue weighted by atomic mass is 10.2. The summed E-state index contributed by atoms with van der Waals surface area (Å²) in [5, 5.41) is 2.86. The third-order valence-corrected chi connectivity index (χ3v) is 3.48. The Labute approximate surface area is 125 Å². The summed E-state index contributed by atoms with van der Waals surface area (Å²) < 4.78 is 5.51. The Morgan fingerprint density at radius 3 is 2.70 bits per heavy atom. The molecular formula is C15H24N2O2S. The Morgan fingerprint density at radius 1 is 1.40 bits per heavy atom. The number of benzene rings is 1. The van der Waals surface area contributed by atoms with E-state index >= 15 is 0 Å². The van der Waals surface area contributed by atoms with Gasteiger partial charge in [0, 0.05) is 6.54 Å². The fraction of sp³-hybridized carbons (Fsp3) is 0.533. The third-order valence-electron chi connectivity index (χ3n) is 2.83. The lowest BCUT2D eigenvalue weighted by molar-refractivity contribution is -0.122. The second-order valence-electron chi connectivity index (χ2n) is 4.60. The zero-order valence-electron chi connectivity index (χ0n) is 12.2. The van der Waals surface area contributed by atoms with Crippen LogP contribution >= 0.6 is 11.8 Å². The third kappa shape index (κ3) is 6.30. The van der Waals surface area contributed by atoms with E-state index in [9.17, 15) is 4.79 Å². The lowest BCUT2D eigenvalue weighted by Gasteiger charge is -2.12. The monoisotopic (exact) mass is 296 g/mol. The van der Waals surface area contributed by atoms with Crippen molar-refractivity contribution in [3.05, 3.63) is 29.8 Å². The van der Waals surface area contributed by atoms with Crippen LogP contribution in [0.3, 0.4) is 0 Å². The van der Waals surface area contributed by atoms with Gasteiger partial charge in [0.2, 0.25) is 5.91 Å². The Balaban J connectivity index is 2.35. The van der Waals surface area contributed by atoms with Gasteiger partial charge >= 0.3 is 0 Å². The standard InChI is InChI=1S/C15H24N2O2S/c1-3-9-19-13-6-4-12(5-7-13)11-17-15(18)14(16)8-10-20-2/h4-7,14H,3,8-11,16H2,1-2H3,(H,17,18)/t14-/m0/s1. The molecule has 0 saturated heterocycles. The van der Waals surface area contributed by atoms with E-state index in [2.05, 4.69) is 12.2 Å². The quantitative estimate of drug-likeness (QED) is 0.733. The lowest BCUT2D eigenvalue weighted by Crippen LogP contribution is -2.40. The number of hydrogen-bond acceptors (Lipinski definition) is 4. The molecule has 112 valence electrons. The van der Waals surface area contributed by atoms with Crippen LogP contribution in [-0.2, 0) is 11.3 Å². The number of ether oxygens (including phenoxy) is 1. The minimum absolute atomic E-state index is 0.0923. The van der Waals surface area contributed by atoms with Gasteiger partial charge in [-0.2, -0.15) is 11.8 Å². The Bertz CT molecular complexity index is 395. The molecule has 0 heterocycles. The number of carbonyl (C=O) groups excluding carboxylic acids is 1. The van der Waals surface area contributed by atoms with E-state index in [-0.39, 0.29) is 5.91 Å². The van der Waals surface area contributed by atoms with Crippen molar-refractivity contribution >= 4 is 17.7 Å². The van der Waals surface area contributed by atoms with Crippen LogP contribution in [0.15, 0.2) is 24.3 Å². The highest BCUT2D eigenvalue weighted by atomic mass is 32.2. The molecule has 4 nitrogen and oxygen atoms in total. The van der Waals surface area contributed by atoms with E-state index in [1.165, 1.54) is 0 Å². The van der Waals surface area contributed by atoms with Gasteiger partial charge in [0.25, 0.3) is 0 Å². The van der Waals surface area contributed by atoms with Crippen molar-refractivity contribution in [2.24, 2.45) is 5.73 Å². The van der Waals surface area contributed by atoms with Crippen LogP contribution in [0.1, 0.15) is 25.3 Å². The van der Waals surface area contributed by atoms with Crippen molar-refractivity contribution in [3.8, 4) is 5.75 Å². The van der Waals surface area contributed by atoms with Gasteiger partial charge in [0.05, 0.1) is 12.6 Å². The zero-order valence-corrected chi connectivity index (χ0v) is 13.0. The largest absolute Gasteiger partial charge is 0.494 e. The van der Waals surface area contributed by atoms with Gasteiger partial charge in [-0.3, -0.25) is 4.79 Å². The first-order valence-electron chi connectivity index (χ1n) is 6.91. The summed E-state index contributed by atoms with van der Waals surface area (Å²) in [6, 6.07) is 7.34. The van der Waals surface area contributed by atoms with Crippen LogP contribution in [0.2, 0.25) is 0 Å². The minimum atomic E-state index is -0.422. The molecule has 0 unspecified atom stereocenters. The Kier molecular flexibility index (Phi) is 8.14. The molecule has 0 aromatic heterocycles. The number of nitrogens with one attached hydrogen (secondary N) is 1. The first kappa shape index (κ1) is 16.9. The van der Waals surface area contributed by atoms with Gasteiger partial charge < -0.3 is 15.8 Å². The summed E-state index contributed by atoms with van der Waals surface area (Å²) in [5.41, 5.74) is 6.84. The minimum Gasteiger partial charge on any atom is -0.494 e. The van der Waals surface area contributed by atoms with E-state index in [1.54, 1.807) is 11.8 Å². The highest BCUT2D eigenvalue weighted by Crippen LogP contribution is 2.12. The molecule has 1 amide bonds. The highest BCUT2D eigenvalue weighted by molar-refractivity contribution is 7.98. The molecule has 1 aromatic rings. The van der Waals surface area contributed by atoms with Crippen LogP contribution in [-0.4, -0.2) is 30.6 Å². The van der Waals surface area contributed by atoms with Crippen LogP contribution in [0, 0.1) is 0 Å². The van der Waals surface area contributed by atoms with Crippen molar-refractivity contribution in [1.82, 2.24) is 5.32 Å². The second-order valence-corrected chi connectivity index (χ2v) is 5.58. The molecule has 0 fully saturated rings. The first-order valence-corrected chi connectivity index (χ1v) is 8.30. The van der Waals surface area contributed by atoms with Crippen molar-refractivity contribution in [1.29, 1.82) is 0 Å². The number of carbonyl (C=O) groups is 1.